The first-order valence-electron chi connectivity index (χ1n) is 4.24. The van der Waals surface area contributed by atoms with Gasteiger partial charge in [-0.2, -0.15) is 0 Å². The molecule has 74 valence electrons. The number of benzene rings is 1. The van der Waals surface area contributed by atoms with Crippen LogP contribution in [0.1, 0.15) is 23.7 Å². The molecule has 0 amide bonds. The van der Waals surface area contributed by atoms with E-state index in [1.165, 1.54) is 18.2 Å². The molecule has 0 atom stereocenters. The number of nitrogens with two attached hydrogens (primary N) is 1. The average molecular weight is 193 g/mol. The normalized spacial score (nSPS) is 9.86. The number of carbonyl (C=O) groups is 1. The number of halogens is 1. The van der Waals surface area contributed by atoms with Gasteiger partial charge in [0.1, 0.15) is 5.82 Å². The summed E-state index contributed by atoms with van der Waals surface area (Å²) in [5.41, 5.74) is 6.31. The number of nitrogen functional groups attached to an aromatic ring is 1. The van der Waals surface area contributed by atoms with Crippen LogP contribution in [0, 0.1) is 5.82 Å². The summed E-state index contributed by atoms with van der Waals surface area (Å²) in [5, 5.41) is 0. The van der Waals surface area contributed by atoms with Crippen LogP contribution in [-0.2, 0) is 0 Å². The van der Waals surface area contributed by atoms with Gasteiger partial charge in [-0.05, 0) is 19.1 Å². The summed E-state index contributed by atoms with van der Waals surface area (Å²) in [5.74, 6) is -0.757. The first-order chi connectivity index (χ1) is 6.52. The molecule has 0 aliphatic carbocycles. The van der Waals surface area contributed by atoms with E-state index in [0.717, 1.165) is 5.57 Å². The number of ketones is 1. The second-order valence-electron chi connectivity index (χ2n) is 3.26. The molecule has 0 spiro atoms. The highest BCUT2D eigenvalue weighted by atomic mass is 19.1. The van der Waals surface area contributed by atoms with Crippen molar-refractivity contribution in [3.05, 3.63) is 41.7 Å². The van der Waals surface area contributed by atoms with Crippen molar-refractivity contribution in [1.82, 2.24) is 0 Å². The Morgan fingerprint density at radius 3 is 2.79 bits per heavy atom. The van der Waals surface area contributed by atoms with E-state index in [1.54, 1.807) is 6.92 Å². The van der Waals surface area contributed by atoms with Gasteiger partial charge in [-0.3, -0.25) is 4.79 Å². The fraction of sp³-hybridized carbons (Fsp3) is 0.182. The first-order valence-corrected chi connectivity index (χ1v) is 4.24. The van der Waals surface area contributed by atoms with Crippen LogP contribution in [0.2, 0.25) is 0 Å². The Hall–Kier alpha value is -1.64. The van der Waals surface area contributed by atoms with E-state index in [1.807, 2.05) is 0 Å². The van der Waals surface area contributed by atoms with E-state index >= 15 is 0 Å². The van der Waals surface area contributed by atoms with E-state index in [0.29, 0.717) is 0 Å². The number of hydrogen-bond acceptors (Lipinski definition) is 2. The van der Waals surface area contributed by atoms with Gasteiger partial charge < -0.3 is 5.73 Å². The highest BCUT2D eigenvalue weighted by molar-refractivity contribution is 6.01. The van der Waals surface area contributed by atoms with Crippen LogP contribution in [0.15, 0.2) is 30.4 Å². The van der Waals surface area contributed by atoms with Crippen molar-refractivity contribution in [3.63, 3.8) is 0 Å². The van der Waals surface area contributed by atoms with Crippen molar-refractivity contribution in [2.45, 2.75) is 13.3 Å². The lowest BCUT2D eigenvalue weighted by Crippen LogP contribution is -2.05. The SMILES string of the molecule is C=C(C)CC(=O)c1cccc(F)c1N. The van der Waals surface area contributed by atoms with Crippen LogP contribution in [-0.4, -0.2) is 5.78 Å². The number of anilines is 1. The van der Waals surface area contributed by atoms with Crippen LogP contribution in [0.4, 0.5) is 10.1 Å². The number of rotatable bonds is 3. The zero-order chi connectivity index (χ0) is 10.7. The highest BCUT2D eigenvalue weighted by Crippen LogP contribution is 2.18. The predicted molar refractivity (Wildman–Crippen MR) is 54.6 cm³/mol. The van der Waals surface area contributed by atoms with Crippen molar-refractivity contribution in [1.29, 1.82) is 0 Å². The number of allylic oxidation sites excluding steroid dienone is 1. The molecule has 0 unspecified atom stereocenters. The van der Waals surface area contributed by atoms with Gasteiger partial charge in [0.25, 0.3) is 0 Å². The van der Waals surface area contributed by atoms with Crippen LogP contribution in [0.5, 0.6) is 0 Å². The zero-order valence-electron chi connectivity index (χ0n) is 8.01. The Balaban J connectivity index is 3.01. The quantitative estimate of drug-likeness (QED) is 0.455. The maximum absolute atomic E-state index is 13.0. The molecule has 0 saturated carbocycles. The van der Waals surface area contributed by atoms with E-state index in [2.05, 4.69) is 6.58 Å². The third kappa shape index (κ3) is 2.19. The molecule has 0 radical (unpaired) electrons. The number of Topliss-reactive ketones (excluding diaryl/α,β-unsaturated/α-hetero) is 1. The molecule has 3 heteroatoms. The molecule has 0 aliphatic rings. The lowest BCUT2D eigenvalue weighted by molar-refractivity contribution is 0.0993. The minimum atomic E-state index is -0.558. The second-order valence-corrected chi connectivity index (χ2v) is 3.26. The van der Waals surface area contributed by atoms with Gasteiger partial charge in [0, 0.05) is 12.0 Å². The van der Waals surface area contributed by atoms with Crippen LogP contribution in [0.3, 0.4) is 0 Å². The first kappa shape index (κ1) is 10.4. The molecule has 1 rings (SSSR count). The lowest BCUT2D eigenvalue weighted by Gasteiger charge is -2.04. The highest BCUT2D eigenvalue weighted by Gasteiger charge is 2.11. The molecule has 1 aromatic carbocycles. The summed E-state index contributed by atoms with van der Waals surface area (Å²) in [4.78, 5) is 11.5. The summed E-state index contributed by atoms with van der Waals surface area (Å²) in [7, 11) is 0. The minimum absolute atomic E-state index is 0.0845. The molecule has 0 saturated heterocycles. The van der Waals surface area contributed by atoms with Gasteiger partial charge >= 0.3 is 0 Å². The second kappa shape index (κ2) is 4.05. The molecular weight excluding hydrogens is 181 g/mol. The van der Waals surface area contributed by atoms with Crippen molar-refractivity contribution in [3.8, 4) is 0 Å². The standard InChI is InChI=1S/C11H12FNO/c1-7(2)6-10(14)8-4-3-5-9(12)11(8)13/h3-5H,1,6,13H2,2H3. The minimum Gasteiger partial charge on any atom is -0.396 e. The van der Waals surface area contributed by atoms with E-state index in [4.69, 9.17) is 5.73 Å². The van der Waals surface area contributed by atoms with E-state index < -0.39 is 5.82 Å². The lowest BCUT2D eigenvalue weighted by atomic mass is 10.0. The van der Waals surface area contributed by atoms with Crippen molar-refractivity contribution in [2.24, 2.45) is 0 Å². The average Bonchev–Trinajstić information content (AvgIpc) is 2.08. The van der Waals surface area contributed by atoms with Crippen LogP contribution in [0.25, 0.3) is 0 Å². The molecule has 2 N–H and O–H groups in total. The van der Waals surface area contributed by atoms with Gasteiger partial charge in [-0.25, -0.2) is 4.39 Å². The maximum Gasteiger partial charge on any atom is 0.169 e. The molecule has 1 aromatic rings. The summed E-state index contributed by atoms with van der Waals surface area (Å²) in [6.07, 6.45) is 0.202. The Morgan fingerprint density at radius 2 is 2.21 bits per heavy atom. The summed E-state index contributed by atoms with van der Waals surface area (Å²) in [6, 6.07) is 4.22. The summed E-state index contributed by atoms with van der Waals surface area (Å²) < 4.78 is 13.0. The molecular formula is C11H12FNO. The molecule has 0 fully saturated rings. The molecule has 0 bridgehead atoms. The topological polar surface area (TPSA) is 43.1 Å². The van der Waals surface area contributed by atoms with E-state index in [-0.39, 0.29) is 23.5 Å². The summed E-state index contributed by atoms with van der Waals surface area (Å²) >= 11 is 0. The largest absolute Gasteiger partial charge is 0.396 e. The van der Waals surface area contributed by atoms with Gasteiger partial charge in [0.2, 0.25) is 0 Å². The Labute approximate surface area is 82.2 Å². The smallest absolute Gasteiger partial charge is 0.169 e. The van der Waals surface area contributed by atoms with Gasteiger partial charge in [-0.1, -0.05) is 18.2 Å². The van der Waals surface area contributed by atoms with Crippen LogP contribution < -0.4 is 5.73 Å². The van der Waals surface area contributed by atoms with Crippen LogP contribution >= 0.6 is 0 Å². The Bertz CT molecular complexity index is 385. The molecule has 14 heavy (non-hydrogen) atoms. The molecule has 0 aliphatic heterocycles. The van der Waals surface area contributed by atoms with E-state index in [9.17, 15) is 9.18 Å². The van der Waals surface area contributed by atoms with Gasteiger partial charge in [0.05, 0.1) is 5.69 Å². The van der Waals surface area contributed by atoms with Crippen molar-refractivity contribution in [2.75, 3.05) is 5.73 Å². The number of carbonyl (C=O) groups excluding carboxylic acids is 1. The number of hydrogen-bond donors (Lipinski definition) is 1. The zero-order valence-corrected chi connectivity index (χ0v) is 8.01. The molecule has 0 aromatic heterocycles. The Morgan fingerprint density at radius 1 is 1.57 bits per heavy atom. The molecule has 0 heterocycles. The third-order valence-corrected chi connectivity index (χ3v) is 1.82. The predicted octanol–water partition coefficient (Wildman–Crippen LogP) is 2.56. The molecule has 2 nitrogen and oxygen atoms in total. The maximum atomic E-state index is 13.0. The van der Waals surface area contributed by atoms with Crippen molar-refractivity contribution < 1.29 is 9.18 Å². The van der Waals surface area contributed by atoms with Gasteiger partial charge in [-0.15, -0.1) is 0 Å². The third-order valence-electron chi connectivity index (χ3n) is 1.82. The fourth-order valence-electron chi connectivity index (χ4n) is 1.15. The number of para-hydroxylation sites is 1. The fourth-order valence-corrected chi connectivity index (χ4v) is 1.15. The van der Waals surface area contributed by atoms with Gasteiger partial charge in [0.15, 0.2) is 5.78 Å². The Kier molecular flexibility index (Phi) is 3.02. The monoisotopic (exact) mass is 193 g/mol. The summed E-state index contributed by atoms with van der Waals surface area (Å²) in [6.45, 7) is 5.36. The van der Waals surface area contributed by atoms with Crippen molar-refractivity contribution >= 4 is 11.5 Å².